The maximum absolute atomic E-state index is 10.5. The zero-order valence-electron chi connectivity index (χ0n) is 10.2. The number of aryl methyl sites for hydroxylation is 1. The number of aliphatic hydroxyl groups is 1. The molecule has 1 aromatic heterocycles. The Morgan fingerprint density at radius 1 is 1.53 bits per heavy atom. The van der Waals surface area contributed by atoms with Crippen molar-refractivity contribution in [3.05, 3.63) is 21.9 Å². The lowest BCUT2D eigenvalue weighted by molar-refractivity contribution is 0.0342. The average molecular weight is 226 g/mol. The monoisotopic (exact) mass is 226 g/mol. The highest BCUT2D eigenvalue weighted by molar-refractivity contribution is 7.10. The normalized spacial score (nSPS) is 17.4. The summed E-state index contributed by atoms with van der Waals surface area (Å²) in [5.41, 5.74) is 0.570. The topological polar surface area (TPSA) is 20.2 Å². The average Bonchev–Trinajstić information content (AvgIpc) is 2.51. The van der Waals surface area contributed by atoms with E-state index in [0.29, 0.717) is 5.92 Å². The molecule has 2 atom stereocenters. The molecule has 0 bridgehead atoms. The molecule has 0 amide bonds. The Labute approximate surface area is 97.2 Å². The largest absolute Gasteiger partial charge is 0.385 e. The summed E-state index contributed by atoms with van der Waals surface area (Å²) in [7, 11) is 0. The predicted octanol–water partition coefficient (Wildman–Crippen LogP) is 4.09. The molecule has 0 aromatic carbocycles. The van der Waals surface area contributed by atoms with Crippen LogP contribution in [0.1, 0.15) is 50.5 Å². The van der Waals surface area contributed by atoms with E-state index in [2.05, 4.69) is 32.2 Å². The van der Waals surface area contributed by atoms with E-state index in [1.807, 2.05) is 6.92 Å². The molecule has 1 rings (SSSR count). The van der Waals surface area contributed by atoms with Crippen molar-refractivity contribution in [1.82, 2.24) is 0 Å². The summed E-state index contributed by atoms with van der Waals surface area (Å²) in [5, 5.41) is 12.5. The Kier molecular flexibility index (Phi) is 4.35. The zero-order valence-corrected chi connectivity index (χ0v) is 11.0. The van der Waals surface area contributed by atoms with Gasteiger partial charge in [-0.15, -0.1) is 11.3 Å². The number of hydrogen-bond donors (Lipinski definition) is 1. The van der Waals surface area contributed by atoms with Crippen molar-refractivity contribution in [2.75, 3.05) is 0 Å². The first-order valence-electron chi connectivity index (χ1n) is 5.74. The van der Waals surface area contributed by atoms with Crippen LogP contribution in [0.5, 0.6) is 0 Å². The van der Waals surface area contributed by atoms with Gasteiger partial charge in [-0.05, 0) is 43.2 Å². The SMILES string of the molecule is CCCC(C)CC(C)(O)c1sccc1C. The second-order valence-corrected chi connectivity index (χ2v) is 5.72. The van der Waals surface area contributed by atoms with E-state index < -0.39 is 5.60 Å². The van der Waals surface area contributed by atoms with E-state index in [-0.39, 0.29) is 0 Å². The minimum Gasteiger partial charge on any atom is -0.385 e. The van der Waals surface area contributed by atoms with Gasteiger partial charge in [0.25, 0.3) is 0 Å². The molecular formula is C13H22OS. The van der Waals surface area contributed by atoms with E-state index >= 15 is 0 Å². The highest BCUT2D eigenvalue weighted by atomic mass is 32.1. The quantitative estimate of drug-likeness (QED) is 0.801. The molecule has 1 N–H and O–H groups in total. The van der Waals surface area contributed by atoms with Gasteiger partial charge >= 0.3 is 0 Å². The zero-order chi connectivity index (χ0) is 11.5. The van der Waals surface area contributed by atoms with Gasteiger partial charge in [0.1, 0.15) is 0 Å². The molecule has 0 saturated carbocycles. The van der Waals surface area contributed by atoms with Crippen LogP contribution in [-0.2, 0) is 5.60 Å². The first-order valence-corrected chi connectivity index (χ1v) is 6.62. The van der Waals surface area contributed by atoms with Crippen LogP contribution in [-0.4, -0.2) is 5.11 Å². The van der Waals surface area contributed by atoms with Crippen LogP contribution < -0.4 is 0 Å². The third-order valence-corrected chi connectivity index (χ3v) is 4.15. The van der Waals surface area contributed by atoms with Crippen LogP contribution in [0.15, 0.2) is 11.4 Å². The third-order valence-electron chi connectivity index (χ3n) is 2.88. The summed E-state index contributed by atoms with van der Waals surface area (Å²) < 4.78 is 0. The van der Waals surface area contributed by atoms with E-state index in [4.69, 9.17) is 0 Å². The summed E-state index contributed by atoms with van der Waals surface area (Å²) in [4.78, 5) is 1.13. The summed E-state index contributed by atoms with van der Waals surface area (Å²) in [5.74, 6) is 0.589. The molecule has 1 aromatic rings. The summed E-state index contributed by atoms with van der Waals surface area (Å²) in [6.07, 6.45) is 3.25. The Morgan fingerprint density at radius 3 is 2.67 bits per heavy atom. The molecule has 0 radical (unpaired) electrons. The molecule has 0 aliphatic heterocycles. The van der Waals surface area contributed by atoms with Crippen molar-refractivity contribution in [2.24, 2.45) is 5.92 Å². The fraction of sp³-hybridized carbons (Fsp3) is 0.692. The number of rotatable bonds is 5. The van der Waals surface area contributed by atoms with Gasteiger partial charge in [-0.1, -0.05) is 26.7 Å². The fourth-order valence-corrected chi connectivity index (χ4v) is 3.29. The maximum atomic E-state index is 10.5. The Bertz CT molecular complexity index is 301. The van der Waals surface area contributed by atoms with Gasteiger partial charge in [-0.2, -0.15) is 0 Å². The Morgan fingerprint density at radius 2 is 2.20 bits per heavy atom. The Hall–Kier alpha value is -0.340. The van der Waals surface area contributed by atoms with Gasteiger partial charge in [0.2, 0.25) is 0 Å². The Balaban J connectivity index is 2.71. The standard InChI is InChI=1S/C13H22OS/c1-5-6-10(2)9-13(4,14)12-11(3)7-8-15-12/h7-8,10,14H,5-6,9H2,1-4H3. The molecule has 0 spiro atoms. The molecule has 15 heavy (non-hydrogen) atoms. The van der Waals surface area contributed by atoms with E-state index in [1.165, 1.54) is 18.4 Å². The van der Waals surface area contributed by atoms with Crippen LogP contribution in [0, 0.1) is 12.8 Å². The lowest BCUT2D eigenvalue weighted by Crippen LogP contribution is -2.23. The summed E-state index contributed by atoms with van der Waals surface area (Å²) in [6, 6.07) is 2.08. The third kappa shape index (κ3) is 3.32. The van der Waals surface area contributed by atoms with Gasteiger partial charge in [-0.25, -0.2) is 0 Å². The molecule has 2 heteroatoms. The van der Waals surface area contributed by atoms with E-state index in [1.54, 1.807) is 11.3 Å². The van der Waals surface area contributed by atoms with Crippen LogP contribution in [0.3, 0.4) is 0 Å². The van der Waals surface area contributed by atoms with Crippen LogP contribution in [0.4, 0.5) is 0 Å². The van der Waals surface area contributed by atoms with Crippen LogP contribution >= 0.6 is 11.3 Å². The maximum Gasteiger partial charge on any atom is 0.0965 e. The first-order chi connectivity index (χ1) is 6.97. The number of hydrogen-bond acceptors (Lipinski definition) is 2. The van der Waals surface area contributed by atoms with Crippen molar-refractivity contribution in [3.63, 3.8) is 0 Å². The molecule has 1 nitrogen and oxygen atoms in total. The van der Waals surface area contributed by atoms with Crippen molar-refractivity contribution in [3.8, 4) is 0 Å². The minimum absolute atomic E-state index is 0.589. The second kappa shape index (κ2) is 5.13. The minimum atomic E-state index is -0.646. The molecule has 0 aliphatic carbocycles. The molecule has 0 aliphatic rings. The molecule has 1 heterocycles. The smallest absolute Gasteiger partial charge is 0.0965 e. The molecular weight excluding hydrogens is 204 g/mol. The van der Waals surface area contributed by atoms with E-state index in [0.717, 1.165) is 11.3 Å². The van der Waals surface area contributed by atoms with Crippen molar-refractivity contribution in [2.45, 2.75) is 52.6 Å². The highest BCUT2D eigenvalue weighted by Crippen LogP contribution is 2.35. The highest BCUT2D eigenvalue weighted by Gasteiger charge is 2.27. The predicted molar refractivity (Wildman–Crippen MR) is 67.3 cm³/mol. The van der Waals surface area contributed by atoms with Gasteiger partial charge < -0.3 is 5.11 Å². The van der Waals surface area contributed by atoms with Crippen molar-refractivity contribution in [1.29, 1.82) is 0 Å². The van der Waals surface area contributed by atoms with Crippen LogP contribution in [0.2, 0.25) is 0 Å². The molecule has 0 fully saturated rings. The van der Waals surface area contributed by atoms with Gasteiger partial charge in [0.05, 0.1) is 5.60 Å². The lowest BCUT2D eigenvalue weighted by Gasteiger charge is -2.26. The number of thiophene rings is 1. The van der Waals surface area contributed by atoms with Crippen molar-refractivity contribution >= 4 is 11.3 Å². The van der Waals surface area contributed by atoms with Crippen LogP contribution in [0.25, 0.3) is 0 Å². The molecule has 2 unspecified atom stereocenters. The molecule has 86 valence electrons. The fourth-order valence-electron chi connectivity index (χ4n) is 2.29. The van der Waals surface area contributed by atoms with Gasteiger partial charge in [0, 0.05) is 4.88 Å². The van der Waals surface area contributed by atoms with Gasteiger partial charge in [0.15, 0.2) is 0 Å². The summed E-state index contributed by atoms with van der Waals surface area (Å²) >= 11 is 1.67. The first kappa shape index (κ1) is 12.7. The summed E-state index contributed by atoms with van der Waals surface area (Å²) in [6.45, 7) is 8.44. The second-order valence-electron chi connectivity index (χ2n) is 4.80. The lowest BCUT2D eigenvalue weighted by atomic mass is 9.88. The van der Waals surface area contributed by atoms with E-state index in [9.17, 15) is 5.11 Å². The van der Waals surface area contributed by atoms with Crippen molar-refractivity contribution < 1.29 is 5.11 Å². The van der Waals surface area contributed by atoms with Gasteiger partial charge in [-0.3, -0.25) is 0 Å². The molecule has 0 saturated heterocycles.